The lowest BCUT2D eigenvalue weighted by Gasteiger charge is -2.37. The zero-order valence-corrected chi connectivity index (χ0v) is 11.2. The molecule has 2 aliphatic rings. The number of amides is 2. The fraction of sp³-hybridized carbons (Fsp3) is 0.769. The molecule has 0 bridgehead atoms. The van der Waals surface area contributed by atoms with Gasteiger partial charge in [0.2, 0.25) is 11.8 Å². The topological polar surface area (TPSA) is 74.7 Å². The zero-order chi connectivity index (χ0) is 13.9. The predicted octanol–water partition coefficient (Wildman–Crippen LogP) is 1.27. The number of carbonyl (C=O) groups excluding carboxylic acids is 2. The highest BCUT2D eigenvalue weighted by Crippen LogP contribution is 2.64. The van der Waals surface area contributed by atoms with Gasteiger partial charge in [0.1, 0.15) is 5.54 Å². The van der Waals surface area contributed by atoms with E-state index in [0.29, 0.717) is 0 Å². The molecule has 2 amide bonds. The van der Waals surface area contributed by atoms with E-state index in [1.165, 1.54) is 0 Å². The Balaban J connectivity index is 2.39. The van der Waals surface area contributed by atoms with Crippen molar-refractivity contribution >= 4 is 17.8 Å². The lowest BCUT2D eigenvalue weighted by Crippen LogP contribution is -2.58. The summed E-state index contributed by atoms with van der Waals surface area (Å²) in [7, 11) is 0. The van der Waals surface area contributed by atoms with Crippen LogP contribution >= 0.6 is 0 Å². The van der Waals surface area contributed by atoms with E-state index < -0.39 is 11.5 Å². The molecule has 5 heteroatoms. The average Bonchev–Trinajstić information content (AvgIpc) is 2.75. The number of hydrogen-bond donors (Lipinski definition) is 1. The summed E-state index contributed by atoms with van der Waals surface area (Å²) in [6.07, 6.45) is 0.492. The van der Waals surface area contributed by atoms with E-state index in [-0.39, 0.29) is 41.9 Å². The maximum Gasteiger partial charge on any atom is 0.330 e. The fourth-order valence-corrected chi connectivity index (χ4v) is 3.33. The van der Waals surface area contributed by atoms with Crippen LogP contribution in [0.4, 0.5) is 0 Å². The Morgan fingerprint density at radius 1 is 1.22 bits per heavy atom. The number of imide groups is 1. The maximum absolute atomic E-state index is 12.3. The number of aliphatic carboxylic acids is 1. The van der Waals surface area contributed by atoms with Gasteiger partial charge >= 0.3 is 5.97 Å². The van der Waals surface area contributed by atoms with Gasteiger partial charge in [0, 0.05) is 0 Å². The van der Waals surface area contributed by atoms with Gasteiger partial charge in [-0.2, -0.15) is 0 Å². The van der Waals surface area contributed by atoms with Crippen molar-refractivity contribution in [3.05, 3.63) is 0 Å². The van der Waals surface area contributed by atoms with Crippen molar-refractivity contribution in [1.82, 2.24) is 4.90 Å². The third kappa shape index (κ3) is 1.25. The highest BCUT2D eigenvalue weighted by molar-refractivity contribution is 6.13. The minimum Gasteiger partial charge on any atom is -0.479 e. The fourth-order valence-electron chi connectivity index (χ4n) is 3.33. The molecule has 2 unspecified atom stereocenters. The van der Waals surface area contributed by atoms with Gasteiger partial charge in [-0.05, 0) is 18.3 Å². The minimum absolute atomic E-state index is 0.246. The van der Waals surface area contributed by atoms with Gasteiger partial charge < -0.3 is 5.11 Å². The molecule has 0 radical (unpaired) electrons. The molecule has 18 heavy (non-hydrogen) atoms. The van der Waals surface area contributed by atoms with Crippen molar-refractivity contribution < 1.29 is 19.5 Å². The number of carbonyl (C=O) groups is 3. The summed E-state index contributed by atoms with van der Waals surface area (Å²) in [5.74, 6) is -2.33. The first-order valence-corrected chi connectivity index (χ1v) is 6.37. The molecule has 1 N–H and O–H groups in total. The Labute approximate surface area is 106 Å². The summed E-state index contributed by atoms with van der Waals surface area (Å²) in [6, 6.07) is 0. The number of carboxylic acid groups (broad SMARTS) is 1. The molecular weight excluding hydrogens is 234 g/mol. The molecule has 2 rings (SSSR count). The van der Waals surface area contributed by atoms with Crippen LogP contribution in [0.1, 0.15) is 40.5 Å². The van der Waals surface area contributed by atoms with Crippen LogP contribution in [-0.4, -0.2) is 33.3 Å². The van der Waals surface area contributed by atoms with Crippen molar-refractivity contribution in [3.63, 3.8) is 0 Å². The van der Waals surface area contributed by atoms with Crippen molar-refractivity contribution in [1.29, 1.82) is 0 Å². The Kier molecular flexibility index (Phi) is 2.58. The molecule has 0 aromatic rings. The maximum atomic E-state index is 12.3. The molecular formula is C13H19NO4. The highest BCUT2D eigenvalue weighted by Gasteiger charge is 2.75. The molecule has 0 aromatic carbocycles. The van der Waals surface area contributed by atoms with Crippen LogP contribution in [0.3, 0.4) is 0 Å². The van der Waals surface area contributed by atoms with Gasteiger partial charge in [-0.25, -0.2) is 4.79 Å². The van der Waals surface area contributed by atoms with Crippen LogP contribution in [0.25, 0.3) is 0 Å². The van der Waals surface area contributed by atoms with E-state index in [4.69, 9.17) is 0 Å². The van der Waals surface area contributed by atoms with Crippen LogP contribution in [0.5, 0.6) is 0 Å². The number of fused-ring (bicyclic) bond motifs is 1. The number of rotatable bonds is 4. The molecule has 0 spiro atoms. The zero-order valence-electron chi connectivity index (χ0n) is 11.2. The van der Waals surface area contributed by atoms with E-state index in [0.717, 1.165) is 4.90 Å². The molecule has 1 heterocycles. The first kappa shape index (κ1) is 13.1. The van der Waals surface area contributed by atoms with Gasteiger partial charge in [-0.3, -0.25) is 14.5 Å². The lowest BCUT2D eigenvalue weighted by atomic mass is 9.89. The molecule has 1 aliphatic carbocycles. The average molecular weight is 253 g/mol. The SMILES string of the molecule is CCC(CC)(C(=O)O)N1C(=O)C2C(C1=O)C2(C)C. The van der Waals surface area contributed by atoms with Gasteiger partial charge in [-0.1, -0.05) is 27.7 Å². The second kappa shape index (κ2) is 3.56. The molecule has 1 saturated heterocycles. The smallest absolute Gasteiger partial charge is 0.330 e. The van der Waals surface area contributed by atoms with E-state index in [9.17, 15) is 19.5 Å². The Hall–Kier alpha value is -1.39. The number of piperidine rings is 1. The molecule has 100 valence electrons. The summed E-state index contributed by atoms with van der Waals surface area (Å²) < 4.78 is 0. The predicted molar refractivity (Wildman–Crippen MR) is 63.6 cm³/mol. The number of nitrogens with zero attached hydrogens (tertiary/aromatic N) is 1. The van der Waals surface area contributed by atoms with Crippen LogP contribution in [-0.2, 0) is 14.4 Å². The summed E-state index contributed by atoms with van der Waals surface area (Å²) >= 11 is 0. The summed E-state index contributed by atoms with van der Waals surface area (Å²) in [5, 5.41) is 9.40. The first-order chi connectivity index (χ1) is 8.25. The van der Waals surface area contributed by atoms with Crippen molar-refractivity contribution in [2.45, 2.75) is 46.1 Å². The number of likely N-dealkylation sites (tertiary alicyclic amines) is 1. The van der Waals surface area contributed by atoms with E-state index in [2.05, 4.69) is 0 Å². The van der Waals surface area contributed by atoms with E-state index in [1.54, 1.807) is 13.8 Å². The first-order valence-electron chi connectivity index (χ1n) is 6.37. The van der Waals surface area contributed by atoms with Gasteiger partial charge in [-0.15, -0.1) is 0 Å². The summed E-state index contributed by atoms with van der Waals surface area (Å²) in [6.45, 7) is 7.17. The van der Waals surface area contributed by atoms with Gasteiger partial charge in [0.25, 0.3) is 0 Å². The standard InChI is InChI=1S/C13H19NO4/c1-5-13(6-2,11(17)18)14-9(15)7-8(10(14)16)12(7,3)4/h7-8H,5-6H2,1-4H3,(H,17,18). The minimum atomic E-state index is -1.36. The largest absolute Gasteiger partial charge is 0.479 e. The Bertz CT molecular complexity index is 412. The van der Waals surface area contributed by atoms with Crippen LogP contribution in [0, 0.1) is 17.3 Å². The van der Waals surface area contributed by atoms with E-state index >= 15 is 0 Å². The van der Waals surface area contributed by atoms with Crippen LogP contribution in [0.15, 0.2) is 0 Å². The second-order valence-electron chi connectivity index (χ2n) is 5.83. The molecule has 1 saturated carbocycles. The van der Waals surface area contributed by atoms with Crippen molar-refractivity contribution in [3.8, 4) is 0 Å². The highest BCUT2D eigenvalue weighted by atomic mass is 16.4. The quantitative estimate of drug-likeness (QED) is 0.766. The van der Waals surface area contributed by atoms with E-state index in [1.807, 2.05) is 13.8 Å². The number of hydrogen-bond acceptors (Lipinski definition) is 3. The van der Waals surface area contributed by atoms with Crippen molar-refractivity contribution in [2.24, 2.45) is 17.3 Å². The normalized spacial score (nSPS) is 29.4. The Morgan fingerprint density at radius 2 is 1.61 bits per heavy atom. The second-order valence-corrected chi connectivity index (χ2v) is 5.83. The van der Waals surface area contributed by atoms with Gasteiger partial charge in [0.05, 0.1) is 11.8 Å². The number of carboxylic acids is 1. The summed E-state index contributed by atoms with van der Waals surface area (Å²) in [5.41, 5.74) is -1.66. The molecule has 2 fully saturated rings. The van der Waals surface area contributed by atoms with Crippen molar-refractivity contribution in [2.75, 3.05) is 0 Å². The molecule has 1 aliphatic heterocycles. The molecule has 0 aromatic heterocycles. The molecule has 5 nitrogen and oxygen atoms in total. The lowest BCUT2D eigenvalue weighted by molar-refractivity contribution is -0.166. The van der Waals surface area contributed by atoms with Gasteiger partial charge in [0.15, 0.2) is 0 Å². The monoisotopic (exact) mass is 253 g/mol. The molecule has 2 atom stereocenters. The summed E-state index contributed by atoms with van der Waals surface area (Å²) in [4.78, 5) is 37.1. The third-order valence-corrected chi connectivity index (χ3v) is 4.80. The Morgan fingerprint density at radius 3 is 1.89 bits per heavy atom. The van der Waals surface area contributed by atoms with Crippen LogP contribution in [0.2, 0.25) is 0 Å². The third-order valence-electron chi connectivity index (χ3n) is 4.80. The van der Waals surface area contributed by atoms with Crippen LogP contribution < -0.4 is 0 Å².